The molecule has 1 amide bonds. The van der Waals surface area contributed by atoms with Crippen LogP contribution < -0.4 is 10.9 Å². The first-order chi connectivity index (χ1) is 13.7. The molecule has 0 spiro atoms. The van der Waals surface area contributed by atoms with Crippen molar-refractivity contribution >= 4 is 32.5 Å². The zero-order chi connectivity index (χ0) is 21.2. The van der Waals surface area contributed by atoms with E-state index in [1.165, 1.54) is 4.68 Å². The molecule has 0 aliphatic carbocycles. The van der Waals surface area contributed by atoms with Gasteiger partial charge in [-0.3, -0.25) is 9.59 Å². The number of rotatable bonds is 6. The third-order valence-corrected chi connectivity index (χ3v) is 6.30. The van der Waals surface area contributed by atoms with Gasteiger partial charge in [0.25, 0.3) is 11.5 Å². The number of carbonyl (C=O) groups excluding carboxylic acids is 2. The molecule has 2 heterocycles. The Morgan fingerprint density at radius 3 is 2.59 bits per heavy atom. The highest BCUT2D eigenvalue weighted by molar-refractivity contribution is 7.91. The average Bonchev–Trinajstić information content (AvgIpc) is 3.00. The van der Waals surface area contributed by atoms with Gasteiger partial charge in [0.05, 0.1) is 16.9 Å². The van der Waals surface area contributed by atoms with E-state index in [1.807, 2.05) is 13.8 Å². The predicted octanol–water partition coefficient (Wildman–Crippen LogP) is 0.513. The molecule has 1 aliphatic heterocycles. The highest BCUT2D eigenvalue weighted by Crippen LogP contribution is 2.15. The molecule has 3 rings (SSSR count). The van der Waals surface area contributed by atoms with Crippen LogP contribution in [-0.2, 0) is 25.9 Å². The van der Waals surface area contributed by atoms with E-state index in [2.05, 4.69) is 10.4 Å². The van der Waals surface area contributed by atoms with Crippen LogP contribution in [0.5, 0.6) is 0 Å². The number of hydrogen-bond acceptors (Lipinski definition) is 7. The molecule has 0 bridgehead atoms. The first kappa shape index (κ1) is 21.0. The normalized spacial score (nSPS) is 18.1. The highest BCUT2D eigenvalue weighted by Gasteiger charge is 2.29. The maximum atomic E-state index is 12.6. The molecule has 1 aliphatic rings. The molecular weight excluding hydrogens is 398 g/mol. The molecule has 0 radical (unpaired) electrons. The summed E-state index contributed by atoms with van der Waals surface area (Å²) in [6.45, 7) is 3.62. The second-order valence-corrected chi connectivity index (χ2v) is 9.75. The summed E-state index contributed by atoms with van der Waals surface area (Å²) >= 11 is 0. The van der Waals surface area contributed by atoms with E-state index in [1.54, 1.807) is 24.3 Å². The summed E-state index contributed by atoms with van der Waals surface area (Å²) < 4.78 is 29.2. The third-order valence-electron chi connectivity index (χ3n) is 4.53. The molecule has 1 fully saturated rings. The van der Waals surface area contributed by atoms with Crippen LogP contribution in [0, 0.1) is 5.92 Å². The maximum Gasteiger partial charge on any atom is 0.359 e. The van der Waals surface area contributed by atoms with Gasteiger partial charge in [-0.25, -0.2) is 17.9 Å². The topological polar surface area (TPSA) is 124 Å². The Kier molecular flexibility index (Phi) is 6.02. The quantitative estimate of drug-likeness (QED) is 0.674. The summed E-state index contributed by atoms with van der Waals surface area (Å²) in [7, 11) is -3.12. The van der Waals surface area contributed by atoms with Gasteiger partial charge in [-0.05, 0) is 18.4 Å². The summed E-state index contributed by atoms with van der Waals surface area (Å²) in [6.07, 6.45) is 0.342. The van der Waals surface area contributed by atoms with Crippen LogP contribution in [0.2, 0.25) is 0 Å². The van der Waals surface area contributed by atoms with Crippen LogP contribution in [0.25, 0.3) is 10.8 Å². The Balaban J connectivity index is 1.75. The Bertz CT molecular complexity index is 1110. The van der Waals surface area contributed by atoms with Crippen molar-refractivity contribution in [3.8, 4) is 0 Å². The van der Waals surface area contributed by atoms with Crippen molar-refractivity contribution < 1.29 is 22.7 Å². The van der Waals surface area contributed by atoms with Crippen molar-refractivity contribution in [2.24, 2.45) is 5.92 Å². The summed E-state index contributed by atoms with van der Waals surface area (Å²) in [6, 6.07) is 6.11. The zero-order valence-corrected chi connectivity index (χ0v) is 17.1. The molecule has 156 valence electrons. The van der Waals surface area contributed by atoms with E-state index in [9.17, 15) is 22.8 Å². The van der Waals surface area contributed by atoms with Crippen molar-refractivity contribution in [1.29, 1.82) is 0 Å². The smallest absolute Gasteiger partial charge is 0.359 e. The van der Waals surface area contributed by atoms with Crippen molar-refractivity contribution in [3.63, 3.8) is 0 Å². The van der Waals surface area contributed by atoms with E-state index < -0.39 is 34.4 Å². The van der Waals surface area contributed by atoms with Gasteiger partial charge in [0.1, 0.15) is 0 Å². The Hall–Kier alpha value is -2.75. The number of aromatic nitrogens is 2. The minimum absolute atomic E-state index is 0.0328. The number of ether oxygens (including phenoxy) is 1. The summed E-state index contributed by atoms with van der Waals surface area (Å²) in [5, 5.41) is 7.41. The lowest BCUT2D eigenvalue weighted by atomic mass is 10.1. The van der Waals surface area contributed by atoms with E-state index in [4.69, 9.17) is 4.74 Å². The first-order valence-corrected chi connectivity index (χ1v) is 11.1. The number of fused-ring (bicyclic) bond motifs is 1. The van der Waals surface area contributed by atoms with Gasteiger partial charge >= 0.3 is 5.97 Å². The number of nitrogens with one attached hydrogen (secondary N) is 1. The standard InChI is InChI=1S/C19H23N3O6S/c1-12(2)9-22-18(24)15-6-4-3-5-14(15)17(21-22)19(25)28-10-16(23)20-13-7-8-29(26,27)11-13/h3-6,12-13H,7-11H2,1-2H3,(H,20,23). The third kappa shape index (κ3) is 5.00. The van der Waals surface area contributed by atoms with Crippen molar-refractivity contribution in [3.05, 3.63) is 40.3 Å². The molecule has 1 saturated heterocycles. The Morgan fingerprint density at radius 2 is 1.97 bits per heavy atom. The molecule has 1 N–H and O–H groups in total. The lowest BCUT2D eigenvalue weighted by Crippen LogP contribution is -2.38. The van der Waals surface area contributed by atoms with E-state index in [0.29, 0.717) is 23.7 Å². The molecule has 1 atom stereocenters. The second kappa shape index (κ2) is 8.32. The van der Waals surface area contributed by atoms with Gasteiger partial charge in [0.15, 0.2) is 22.1 Å². The van der Waals surface area contributed by atoms with Gasteiger partial charge in [-0.1, -0.05) is 32.0 Å². The van der Waals surface area contributed by atoms with E-state index >= 15 is 0 Å². The zero-order valence-electron chi connectivity index (χ0n) is 16.3. The van der Waals surface area contributed by atoms with Crippen molar-refractivity contribution in [2.45, 2.75) is 32.9 Å². The minimum Gasteiger partial charge on any atom is -0.451 e. The SMILES string of the molecule is CC(C)Cn1nc(C(=O)OCC(=O)NC2CCS(=O)(=O)C2)c2ccccc2c1=O. The van der Waals surface area contributed by atoms with Crippen molar-refractivity contribution in [2.75, 3.05) is 18.1 Å². The number of hydrogen-bond donors (Lipinski definition) is 1. The van der Waals surface area contributed by atoms with Crippen LogP contribution in [0.1, 0.15) is 30.8 Å². The molecule has 1 unspecified atom stereocenters. The highest BCUT2D eigenvalue weighted by atomic mass is 32.2. The largest absolute Gasteiger partial charge is 0.451 e. The second-order valence-electron chi connectivity index (χ2n) is 7.52. The fraction of sp³-hybridized carbons (Fsp3) is 0.474. The van der Waals surface area contributed by atoms with Crippen LogP contribution in [0.15, 0.2) is 29.1 Å². The summed E-state index contributed by atoms with van der Waals surface area (Å²) in [5.41, 5.74) is -0.344. The number of nitrogens with zero attached hydrogens (tertiary/aromatic N) is 2. The van der Waals surface area contributed by atoms with E-state index in [-0.39, 0.29) is 28.7 Å². The molecule has 9 nitrogen and oxygen atoms in total. The fourth-order valence-corrected chi connectivity index (χ4v) is 4.91. The fourth-order valence-electron chi connectivity index (χ4n) is 3.23. The Morgan fingerprint density at radius 1 is 1.28 bits per heavy atom. The molecule has 1 aromatic heterocycles. The molecular formula is C19H23N3O6S. The van der Waals surface area contributed by atoms with E-state index in [0.717, 1.165) is 0 Å². The maximum absolute atomic E-state index is 12.6. The monoisotopic (exact) mass is 421 g/mol. The number of carbonyl (C=O) groups is 2. The molecule has 2 aromatic rings. The Labute approximate surface area is 168 Å². The van der Waals surface area contributed by atoms with Crippen molar-refractivity contribution in [1.82, 2.24) is 15.1 Å². The van der Waals surface area contributed by atoms with Gasteiger partial charge in [0.2, 0.25) is 0 Å². The number of amides is 1. The summed E-state index contributed by atoms with van der Waals surface area (Å²) in [4.78, 5) is 37.2. The predicted molar refractivity (Wildman–Crippen MR) is 106 cm³/mol. The molecule has 10 heteroatoms. The molecule has 1 aromatic carbocycles. The van der Waals surface area contributed by atoms with Gasteiger partial charge in [-0.2, -0.15) is 5.10 Å². The summed E-state index contributed by atoms with van der Waals surface area (Å²) in [5.74, 6) is -1.35. The van der Waals surface area contributed by atoms with Crippen LogP contribution in [-0.4, -0.2) is 54.2 Å². The molecule has 0 saturated carbocycles. The van der Waals surface area contributed by atoms with Gasteiger partial charge in [-0.15, -0.1) is 0 Å². The van der Waals surface area contributed by atoms with Crippen LogP contribution >= 0.6 is 0 Å². The number of benzene rings is 1. The lowest BCUT2D eigenvalue weighted by molar-refractivity contribution is -0.124. The average molecular weight is 421 g/mol. The number of esters is 1. The number of sulfone groups is 1. The molecule has 29 heavy (non-hydrogen) atoms. The van der Waals surface area contributed by atoms with Gasteiger partial charge < -0.3 is 10.1 Å². The van der Waals surface area contributed by atoms with Crippen LogP contribution in [0.4, 0.5) is 0 Å². The minimum atomic E-state index is -3.12. The van der Waals surface area contributed by atoms with Gasteiger partial charge in [0, 0.05) is 18.0 Å². The first-order valence-electron chi connectivity index (χ1n) is 9.33. The van der Waals surface area contributed by atoms with Crippen LogP contribution in [0.3, 0.4) is 0 Å². The lowest BCUT2D eigenvalue weighted by Gasteiger charge is -2.13.